The fourth-order valence-electron chi connectivity index (χ4n) is 3.13. The van der Waals surface area contributed by atoms with Crippen LogP contribution in [0.2, 0.25) is 0 Å². The van der Waals surface area contributed by atoms with E-state index >= 15 is 0 Å². The van der Waals surface area contributed by atoms with Crippen LogP contribution in [0.25, 0.3) is 27.6 Å². The molecule has 5 aromatic rings. The zero-order valence-corrected chi connectivity index (χ0v) is 15.5. The summed E-state index contributed by atoms with van der Waals surface area (Å²) >= 11 is 1.30. The Kier molecular flexibility index (Phi) is 3.72. The fraction of sp³-hybridized carbons (Fsp3) is 0.111. The molecule has 0 fully saturated rings. The molecular formula is C18H13N7O2S. The number of para-hydroxylation sites is 1. The number of aryl methyl sites for hydroxylation is 1. The van der Waals surface area contributed by atoms with E-state index in [9.17, 15) is 9.59 Å². The second-order valence-electron chi connectivity index (χ2n) is 6.18. The lowest BCUT2D eigenvalue weighted by molar-refractivity contribution is 0.643. The molecule has 0 bridgehead atoms. The highest BCUT2D eigenvalue weighted by atomic mass is 32.2. The average Bonchev–Trinajstić information content (AvgIpc) is 3.16. The molecule has 0 radical (unpaired) electrons. The van der Waals surface area contributed by atoms with E-state index in [1.54, 1.807) is 35.7 Å². The maximum atomic E-state index is 12.6. The minimum Gasteiger partial charge on any atom is -0.279 e. The van der Waals surface area contributed by atoms with E-state index in [0.717, 1.165) is 0 Å². The summed E-state index contributed by atoms with van der Waals surface area (Å²) in [6.07, 6.45) is 0. The maximum absolute atomic E-state index is 12.6. The van der Waals surface area contributed by atoms with Crippen LogP contribution in [0.15, 0.2) is 63.3 Å². The molecule has 0 unspecified atom stereocenters. The molecule has 3 heterocycles. The number of benzene rings is 2. The smallest absolute Gasteiger partial charge is 0.278 e. The second kappa shape index (κ2) is 6.27. The van der Waals surface area contributed by atoms with Crippen molar-refractivity contribution in [1.29, 1.82) is 0 Å². The molecule has 2 aromatic carbocycles. The molecule has 138 valence electrons. The normalized spacial score (nSPS) is 11.6. The van der Waals surface area contributed by atoms with Gasteiger partial charge in [0.2, 0.25) is 5.78 Å². The maximum Gasteiger partial charge on any atom is 0.278 e. The molecule has 0 aliphatic heterocycles. The van der Waals surface area contributed by atoms with Crippen LogP contribution >= 0.6 is 11.8 Å². The van der Waals surface area contributed by atoms with Crippen LogP contribution in [0.3, 0.4) is 0 Å². The Hall–Kier alpha value is -3.53. The van der Waals surface area contributed by atoms with Crippen LogP contribution in [-0.4, -0.2) is 34.2 Å². The highest BCUT2D eigenvalue weighted by Crippen LogP contribution is 2.21. The summed E-state index contributed by atoms with van der Waals surface area (Å²) < 4.78 is 4.56. The molecule has 0 atom stereocenters. The van der Waals surface area contributed by atoms with Crippen molar-refractivity contribution in [2.24, 2.45) is 7.05 Å². The van der Waals surface area contributed by atoms with Gasteiger partial charge in [-0.3, -0.25) is 18.6 Å². The van der Waals surface area contributed by atoms with Gasteiger partial charge in [0.05, 0.1) is 22.2 Å². The highest BCUT2D eigenvalue weighted by molar-refractivity contribution is 7.98. The SMILES string of the molecule is Cn1c(=O)c2ccccc2n2c(SCn3nnc4ccccc4c3=O)nnc12. The summed E-state index contributed by atoms with van der Waals surface area (Å²) in [5.74, 6) is 0.650. The first-order chi connectivity index (χ1) is 13.6. The zero-order valence-electron chi connectivity index (χ0n) is 14.7. The quantitative estimate of drug-likeness (QED) is 0.429. The zero-order chi connectivity index (χ0) is 19.3. The molecule has 0 aliphatic carbocycles. The van der Waals surface area contributed by atoms with Gasteiger partial charge in [-0.1, -0.05) is 41.2 Å². The van der Waals surface area contributed by atoms with Crippen molar-refractivity contribution < 1.29 is 0 Å². The van der Waals surface area contributed by atoms with Gasteiger partial charge in [0, 0.05) is 7.05 Å². The summed E-state index contributed by atoms with van der Waals surface area (Å²) in [5, 5.41) is 18.1. The molecule has 3 aromatic heterocycles. The molecule has 0 N–H and O–H groups in total. The van der Waals surface area contributed by atoms with Crippen LogP contribution in [-0.2, 0) is 12.9 Å². The average molecular weight is 391 g/mol. The van der Waals surface area contributed by atoms with E-state index < -0.39 is 0 Å². The van der Waals surface area contributed by atoms with Crippen molar-refractivity contribution in [3.8, 4) is 0 Å². The lowest BCUT2D eigenvalue weighted by Gasteiger charge is -2.08. The van der Waals surface area contributed by atoms with E-state index in [4.69, 9.17) is 0 Å². The van der Waals surface area contributed by atoms with Gasteiger partial charge in [-0.15, -0.1) is 15.3 Å². The molecule has 5 rings (SSSR count). The Morgan fingerprint density at radius 1 is 0.893 bits per heavy atom. The second-order valence-corrected chi connectivity index (χ2v) is 7.10. The molecule has 10 heteroatoms. The van der Waals surface area contributed by atoms with Gasteiger partial charge >= 0.3 is 0 Å². The molecule has 0 spiro atoms. The summed E-state index contributed by atoms with van der Waals surface area (Å²) in [6.45, 7) is 0. The van der Waals surface area contributed by atoms with E-state index in [0.29, 0.717) is 32.7 Å². The molecule has 9 nitrogen and oxygen atoms in total. The number of aromatic nitrogens is 7. The topological polar surface area (TPSA) is 100.0 Å². The molecule has 0 saturated heterocycles. The Labute approximate surface area is 161 Å². The van der Waals surface area contributed by atoms with Crippen molar-refractivity contribution in [2.45, 2.75) is 11.0 Å². The lowest BCUT2D eigenvalue weighted by atomic mass is 10.2. The first-order valence-corrected chi connectivity index (χ1v) is 9.42. The number of hydrogen-bond donors (Lipinski definition) is 0. The summed E-state index contributed by atoms with van der Waals surface area (Å²) in [5.41, 5.74) is 0.917. The van der Waals surface area contributed by atoms with Gasteiger partial charge in [-0.05, 0) is 24.3 Å². The van der Waals surface area contributed by atoms with Crippen LogP contribution in [0.1, 0.15) is 0 Å². The van der Waals surface area contributed by atoms with Gasteiger partial charge in [0.1, 0.15) is 5.52 Å². The minimum absolute atomic E-state index is 0.135. The third-order valence-electron chi connectivity index (χ3n) is 4.54. The lowest BCUT2D eigenvalue weighted by Crippen LogP contribution is -2.23. The Morgan fingerprint density at radius 3 is 2.50 bits per heavy atom. The van der Waals surface area contributed by atoms with Crippen molar-refractivity contribution in [2.75, 3.05) is 0 Å². The fourth-order valence-corrected chi connectivity index (χ4v) is 3.95. The van der Waals surface area contributed by atoms with Gasteiger partial charge in [0.25, 0.3) is 11.1 Å². The third-order valence-corrected chi connectivity index (χ3v) is 5.44. The Balaban J connectivity index is 1.61. The Morgan fingerprint density at radius 2 is 1.64 bits per heavy atom. The number of thioether (sulfide) groups is 1. The molecule has 28 heavy (non-hydrogen) atoms. The summed E-state index contributed by atoms with van der Waals surface area (Å²) in [7, 11) is 1.66. The largest absolute Gasteiger partial charge is 0.279 e. The monoisotopic (exact) mass is 391 g/mol. The van der Waals surface area contributed by atoms with Crippen molar-refractivity contribution >= 4 is 39.3 Å². The Bertz CT molecular complexity index is 1480. The molecular weight excluding hydrogens is 378 g/mol. The number of fused-ring (bicyclic) bond motifs is 4. The van der Waals surface area contributed by atoms with Gasteiger partial charge in [-0.25, -0.2) is 0 Å². The van der Waals surface area contributed by atoms with E-state index in [1.165, 1.54) is 21.0 Å². The number of hydrogen-bond acceptors (Lipinski definition) is 7. The summed E-state index contributed by atoms with van der Waals surface area (Å²) in [4.78, 5) is 25.1. The van der Waals surface area contributed by atoms with Crippen LogP contribution in [0.4, 0.5) is 0 Å². The number of rotatable bonds is 3. The molecule has 0 saturated carbocycles. The van der Waals surface area contributed by atoms with Gasteiger partial charge < -0.3 is 0 Å². The summed E-state index contributed by atoms with van der Waals surface area (Å²) in [6, 6.07) is 14.4. The van der Waals surface area contributed by atoms with Crippen molar-refractivity contribution in [1.82, 2.24) is 34.2 Å². The van der Waals surface area contributed by atoms with E-state index in [-0.39, 0.29) is 17.0 Å². The minimum atomic E-state index is -0.218. The van der Waals surface area contributed by atoms with Crippen LogP contribution < -0.4 is 11.1 Å². The first-order valence-electron chi connectivity index (χ1n) is 8.43. The first kappa shape index (κ1) is 16.6. The van der Waals surface area contributed by atoms with E-state index in [2.05, 4.69) is 20.5 Å². The van der Waals surface area contributed by atoms with E-state index in [1.807, 2.05) is 24.3 Å². The predicted octanol–water partition coefficient (Wildman–Crippen LogP) is 1.44. The van der Waals surface area contributed by atoms with Crippen LogP contribution in [0.5, 0.6) is 0 Å². The molecule has 0 amide bonds. The standard InChI is InChI=1S/C18H13N7O2S/c1-23-15(26)12-7-3-5-9-14(12)25-17(23)20-21-18(25)28-10-24-16(27)11-6-2-4-8-13(11)19-22-24/h2-9H,10H2,1H3. The van der Waals surface area contributed by atoms with Crippen LogP contribution in [0, 0.1) is 0 Å². The van der Waals surface area contributed by atoms with Gasteiger partial charge in [0.15, 0.2) is 5.16 Å². The van der Waals surface area contributed by atoms with Crippen molar-refractivity contribution in [3.63, 3.8) is 0 Å². The predicted molar refractivity (Wildman–Crippen MR) is 105 cm³/mol. The third kappa shape index (κ3) is 2.42. The molecule has 0 aliphatic rings. The number of nitrogens with zero attached hydrogens (tertiary/aromatic N) is 7. The van der Waals surface area contributed by atoms with Gasteiger partial charge in [-0.2, -0.15) is 4.68 Å². The highest BCUT2D eigenvalue weighted by Gasteiger charge is 2.15. The van der Waals surface area contributed by atoms with Crippen molar-refractivity contribution in [3.05, 3.63) is 69.2 Å².